The van der Waals surface area contributed by atoms with E-state index in [1.54, 1.807) is 6.07 Å². The number of nitrogens with zero attached hydrogens (tertiary/aromatic N) is 1. The second-order valence-electron chi connectivity index (χ2n) is 6.87. The second-order valence-corrected chi connectivity index (χ2v) is 6.87. The van der Waals surface area contributed by atoms with Gasteiger partial charge in [0.1, 0.15) is 5.69 Å². The summed E-state index contributed by atoms with van der Waals surface area (Å²) >= 11 is 0. The molecule has 128 valence electrons. The fraction of sp³-hybridized carbons (Fsp3) is 0.286. The average molecular weight is 334 g/mol. The molecular formula is C21H22N2O2. The fourth-order valence-electron chi connectivity index (χ4n) is 3.79. The maximum Gasteiger partial charge on any atom is 0.352 e. The van der Waals surface area contributed by atoms with Gasteiger partial charge in [-0.15, -0.1) is 0 Å². The molecule has 1 aliphatic heterocycles. The highest BCUT2D eigenvalue weighted by Gasteiger charge is 2.21. The first-order valence-corrected chi connectivity index (χ1v) is 8.81. The highest BCUT2D eigenvalue weighted by molar-refractivity contribution is 5.93. The summed E-state index contributed by atoms with van der Waals surface area (Å²) in [6, 6.07) is 18.6. The van der Waals surface area contributed by atoms with Gasteiger partial charge in [-0.2, -0.15) is 0 Å². The first kappa shape index (κ1) is 15.9. The van der Waals surface area contributed by atoms with E-state index in [0.717, 1.165) is 43.4 Å². The molecule has 0 unspecified atom stereocenters. The van der Waals surface area contributed by atoms with E-state index in [9.17, 15) is 4.79 Å². The molecule has 1 fully saturated rings. The largest absolute Gasteiger partial charge is 0.477 e. The van der Waals surface area contributed by atoms with Crippen LogP contribution in [0.1, 0.15) is 40.4 Å². The van der Waals surface area contributed by atoms with Crippen LogP contribution in [0.2, 0.25) is 0 Å². The number of nitrogens with one attached hydrogen (secondary N) is 1. The van der Waals surface area contributed by atoms with Crippen molar-refractivity contribution >= 4 is 16.9 Å². The van der Waals surface area contributed by atoms with Crippen molar-refractivity contribution in [2.75, 3.05) is 13.1 Å². The number of H-pyrrole nitrogens is 1. The van der Waals surface area contributed by atoms with Crippen molar-refractivity contribution in [1.82, 2.24) is 9.88 Å². The number of carbonyl (C=O) groups is 1. The number of aromatic carboxylic acids is 1. The molecular weight excluding hydrogens is 312 g/mol. The number of benzene rings is 2. The fourth-order valence-corrected chi connectivity index (χ4v) is 3.79. The van der Waals surface area contributed by atoms with E-state index < -0.39 is 5.97 Å². The van der Waals surface area contributed by atoms with Crippen LogP contribution in [-0.4, -0.2) is 34.0 Å². The Labute approximate surface area is 147 Å². The van der Waals surface area contributed by atoms with Crippen LogP contribution < -0.4 is 0 Å². The molecule has 0 saturated carbocycles. The average Bonchev–Trinajstić information content (AvgIpc) is 3.07. The lowest BCUT2D eigenvalue weighted by Crippen LogP contribution is -2.32. The lowest BCUT2D eigenvalue weighted by Gasteiger charge is -2.32. The Hall–Kier alpha value is -2.59. The zero-order valence-corrected chi connectivity index (χ0v) is 14.1. The summed E-state index contributed by atoms with van der Waals surface area (Å²) in [7, 11) is 0. The molecule has 0 bridgehead atoms. The molecule has 1 aliphatic rings. The second kappa shape index (κ2) is 6.73. The Morgan fingerprint density at radius 3 is 2.56 bits per heavy atom. The van der Waals surface area contributed by atoms with E-state index in [4.69, 9.17) is 5.11 Å². The van der Waals surface area contributed by atoms with Gasteiger partial charge in [0.05, 0.1) is 0 Å². The molecule has 2 aromatic carbocycles. The third-order valence-electron chi connectivity index (χ3n) is 5.18. The molecule has 1 aromatic heterocycles. The smallest absolute Gasteiger partial charge is 0.352 e. The molecule has 0 atom stereocenters. The van der Waals surface area contributed by atoms with Gasteiger partial charge in [-0.25, -0.2) is 4.79 Å². The number of aromatic amines is 1. The topological polar surface area (TPSA) is 56.3 Å². The molecule has 1 saturated heterocycles. The molecule has 2 heterocycles. The number of carboxylic acid groups (broad SMARTS) is 1. The summed E-state index contributed by atoms with van der Waals surface area (Å²) in [4.78, 5) is 16.6. The Morgan fingerprint density at radius 1 is 1.08 bits per heavy atom. The standard InChI is InChI=1S/C21H22N2O2/c24-21(25)20-13-18-12-17(6-7-19(18)22-20)16-8-10-23(11-9-16)14-15-4-2-1-3-5-15/h1-7,12-13,16,22H,8-11,14H2,(H,24,25). The summed E-state index contributed by atoms with van der Waals surface area (Å²) in [5, 5.41) is 10.1. The first-order chi connectivity index (χ1) is 12.2. The number of aromatic nitrogens is 1. The predicted molar refractivity (Wildman–Crippen MR) is 99.0 cm³/mol. The van der Waals surface area contributed by atoms with Crippen LogP contribution in [0.4, 0.5) is 0 Å². The van der Waals surface area contributed by atoms with Crippen LogP contribution in [-0.2, 0) is 6.54 Å². The minimum Gasteiger partial charge on any atom is -0.477 e. The first-order valence-electron chi connectivity index (χ1n) is 8.81. The van der Waals surface area contributed by atoms with Crippen molar-refractivity contribution in [2.24, 2.45) is 0 Å². The van der Waals surface area contributed by atoms with Gasteiger partial charge in [-0.3, -0.25) is 4.90 Å². The van der Waals surface area contributed by atoms with Gasteiger partial charge in [0, 0.05) is 17.4 Å². The van der Waals surface area contributed by atoms with Crippen molar-refractivity contribution in [3.63, 3.8) is 0 Å². The lowest BCUT2D eigenvalue weighted by atomic mass is 9.88. The SMILES string of the molecule is O=C(O)c1cc2cc(C3CCN(Cc4ccccc4)CC3)ccc2[nH]1. The minimum absolute atomic E-state index is 0.254. The van der Waals surface area contributed by atoms with E-state index >= 15 is 0 Å². The third-order valence-corrected chi connectivity index (χ3v) is 5.18. The van der Waals surface area contributed by atoms with Crippen molar-refractivity contribution in [3.8, 4) is 0 Å². The number of hydrogen-bond acceptors (Lipinski definition) is 2. The van der Waals surface area contributed by atoms with E-state index in [1.165, 1.54) is 11.1 Å². The van der Waals surface area contributed by atoms with Gasteiger partial charge >= 0.3 is 5.97 Å². The normalized spacial score (nSPS) is 16.3. The van der Waals surface area contributed by atoms with Crippen molar-refractivity contribution in [2.45, 2.75) is 25.3 Å². The molecule has 4 rings (SSSR count). The van der Waals surface area contributed by atoms with Crippen molar-refractivity contribution < 1.29 is 9.90 Å². The quantitative estimate of drug-likeness (QED) is 0.750. The van der Waals surface area contributed by atoms with E-state index in [1.807, 2.05) is 6.07 Å². The van der Waals surface area contributed by atoms with Crippen LogP contribution in [0, 0.1) is 0 Å². The molecule has 2 N–H and O–H groups in total. The summed E-state index contributed by atoms with van der Waals surface area (Å²) in [6.45, 7) is 3.22. The third kappa shape index (κ3) is 3.44. The Kier molecular flexibility index (Phi) is 4.28. The molecule has 25 heavy (non-hydrogen) atoms. The number of hydrogen-bond donors (Lipinski definition) is 2. The Morgan fingerprint density at radius 2 is 1.84 bits per heavy atom. The zero-order chi connectivity index (χ0) is 17.2. The molecule has 3 aromatic rings. The van der Waals surface area contributed by atoms with Gasteiger partial charge in [0.2, 0.25) is 0 Å². The van der Waals surface area contributed by atoms with Crippen LogP contribution in [0.15, 0.2) is 54.6 Å². The van der Waals surface area contributed by atoms with Gasteiger partial charge in [0.15, 0.2) is 0 Å². The van der Waals surface area contributed by atoms with Crippen LogP contribution in [0.5, 0.6) is 0 Å². The lowest BCUT2D eigenvalue weighted by molar-refractivity contribution is 0.0691. The number of fused-ring (bicyclic) bond motifs is 1. The predicted octanol–water partition coefficient (Wildman–Crippen LogP) is 4.25. The van der Waals surface area contributed by atoms with Gasteiger partial charge in [-0.05, 0) is 61.2 Å². The highest BCUT2D eigenvalue weighted by atomic mass is 16.4. The van der Waals surface area contributed by atoms with Gasteiger partial charge in [-0.1, -0.05) is 36.4 Å². The van der Waals surface area contributed by atoms with Crippen LogP contribution in [0.25, 0.3) is 10.9 Å². The Balaban J connectivity index is 1.43. The molecule has 0 amide bonds. The maximum absolute atomic E-state index is 11.1. The van der Waals surface area contributed by atoms with Crippen molar-refractivity contribution in [1.29, 1.82) is 0 Å². The molecule has 4 heteroatoms. The van der Waals surface area contributed by atoms with Gasteiger partial charge < -0.3 is 10.1 Å². The van der Waals surface area contributed by atoms with E-state index in [0.29, 0.717) is 5.92 Å². The molecule has 0 spiro atoms. The number of carboxylic acids is 1. The Bertz CT molecular complexity index is 877. The minimum atomic E-state index is -0.910. The zero-order valence-electron chi connectivity index (χ0n) is 14.1. The summed E-state index contributed by atoms with van der Waals surface area (Å²) in [6.07, 6.45) is 2.29. The van der Waals surface area contributed by atoms with Gasteiger partial charge in [0.25, 0.3) is 0 Å². The molecule has 0 aliphatic carbocycles. The summed E-state index contributed by atoms with van der Waals surface area (Å²) < 4.78 is 0. The van der Waals surface area contributed by atoms with E-state index in [-0.39, 0.29) is 5.69 Å². The van der Waals surface area contributed by atoms with Crippen LogP contribution >= 0.6 is 0 Å². The maximum atomic E-state index is 11.1. The number of likely N-dealkylation sites (tertiary alicyclic amines) is 1. The van der Waals surface area contributed by atoms with Crippen LogP contribution in [0.3, 0.4) is 0 Å². The van der Waals surface area contributed by atoms with Crippen molar-refractivity contribution in [3.05, 3.63) is 71.4 Å². The number of rotatable bonds is 4. The monoisotopic (exact) mass is 334 g/mol. The molecule has 0 radical (unpaired) electrons. The summed E-state index contributed by atoms with van der Waals surface area (Å²) in [5.41, 5.74) is 3.84. The summed E-state index contributed by atoms with van der Waals surface area (Å²) in [5.74, 6) is -0.355. The number of piperidine rings is 1. The van der Waals surface area contributed by atoms with E-state index in [2.05, 4.69) is 52.3 Å². The highest BCUT2D eigenvalue weighted by Crippen LogP contribution is 2.31. The molecule has 4 nitrogen and oxygen atoms in total.